The molecule has 1 fully saturated rings. The first-order valence-electron chi connectivity index (χ1n) is 4.42. The van der Waals surface area contributed by atoms with Crippen molar-refractivity contribution in [3.8, 4) is 6.07 Å². The van der Waals surface area contributed by atoms with E-state index >= 15 is 0 Å². The fourth-order valence-electron chi connectivity index (χ4n) is 1.38. The number of nitrogens with zero attached hydrogens (tertiary/aromatic N) is 1. The predicted octanol–water partition coefficient (Wildman–Crippen LogP) is 0.443. The van der Waals surface area contributed by atoms with Gasteiger partial charge in [0.1, 0.15) is 0 Å². The Bertz CT molecular complexity index is 226. The maximum atomic E-state index is 10.7. The molecule has 0 saturated carbocycles. The first kappa shape index (κ1) is 10.0. The van der Waals surface area contributed by atoms with Crippen LogP contribution < -0.4 is 5.32 Å². The quantitative estimate of drug-likeness (QED) is 0.674. The van der Waals surface area contributed by atoms with Gasteiger partial charge in [0, 0.05) is 26.7 Å². The minimum absolute atomic E-state index is 0.0823. The van der Waals surface area contributed by atoms with Crippen LogP contribution in [0.5, 0.6) is 0 Å². The maximum absolute atomic E-state index is 10.7. The summed E-state index contributed by atoms with van der Waals surface area (Å²) in [6.45, 7) is 3.15. The summed E-state index contributed by atoms with van der Waals surface area (Å²) in [5.74, 6) is -0.0823. The summed E-state index contributed by atoms with van der Waals surface area (Å²) < 4.78 is 5.17. The fraction of sp³-hybridized carbons (Fsp3) is 0.778. The van der Waals surface area contributed by atoms with Gasteiger partial charge in [0.2, 0.25) is 5.91 Å². The van der Waals surface area contributed by atoms with Crippen LogP contribution in [0.2, 0.25) is 0 Å². The Kier molecular flexibility index (Phi) is 3.26. The molecular formula is C9H14N2O2. The van der Waals surface area contributed by atoms with Crippen molar-refractivity contribution in [1.29, 1.82) is 5.26 Å². The second-order valence-corrected chi connectivity index (χ2v) is 3.41. The summed E-state index contributed by atoms with van der Waals surface area (Å²) in [7, 11) is 0. The Labute approximate surface area is 77.9 Å². The number of rotatable bonds is 2. The van der Waals surface area contributed by atoms with Crippen molar-refractivity contribution >= 4 is 5.91 Å². The highest BCUT2D eigenvalue weighted by Gasteiger charge is 2.32. The van der Waals surface area contributed by atoms with E-state index < -0.39 is 5.41 Å². The molecule has 0 aromatic carbocycles. The van der Waals surface area contributed by atoms with Crippen LogP contribution in [-0.4, -0.2) is 25.7 Å². The monoisotopic (exact) mass is 182 g/mol. The van der Waals surface area contributed by atoms with Gasteiger partial charge in [-0.25, -0.2) is 0 Å². The molecule has 4 heteroatoms. The minimum Gasteiger partial charge on any atom is -0.381 e. The van der Waals surface area contributed by atoms with Crippen LogP contribution in [0.1, 0.15) is 19.8 Å². The van der Waals surface area contributed by atoms with Crippen LogP contribution in [-0.2, 0) is 9.53 Å². The summed E-state index contributed by atoms with van der Waals surface area (Å²) in [6, 6.07) is 2.28. The van der Waals surface area contributed by atoms with Crippen molar-refractivity contribution in [2.75, 3.05) is 19.8 Å². The number of carbonyl (C=O) groups excluding carboxylic acids is 1. The third-order valence-corrected chi connectivity index (χ3v) is 2.36. The second-order valence-electron chi connectivity index (χ2n) is 3.41. The summed E-state index contributed by atoms with van der Waals surface area (Å²) in [5.41, 5.74) is -0.399. The average molecular weight is 182 g/mol. The van der Waals surface area contributed by atoms with Crippen molar-refractivity contribution in [2.24, 2.45) is 5.41 Å². The number of hydrogen-bond donors (Lipinski definition) is 1. The van der Waals surface area contributed by atoms with E-state index in [-0.39, 0.29) is 5.91 Å². The molecule has 0 aliphatic carbocycles. The third kappa shape index (κ3) is 2.71. The van der Waals surface area contributed by atoms with E-state index in [1.807, 2.05) is 0 Å². The molecule has 1 saturated heterocycles. The molecule has 0 unspecified atom stereocenters. The molecule has 0 aromatic rings. The zero-order valence-corrected chi connectivity index (χ0v) is 7.80. The topological polar surface area (TPSA) is 62.1 Å². The Morgan fingerprint density at radius 3 is 2.69 bits per heavy atom. The normalized spacial score (nSPS) is 20.3. The highest BCUT2D eigenvalue weighted by molar-refractivity contribution is 5.72. The van der Waals surface area contributed by atoms with E-state index in [0.29, 0.717) is 32.6 Å². The van der Waals surface area contributed by atoms with Gasteiger partial charge in [-0.05, 0) is 12.8 Å². The first-order valence-corrected chi connectivity index (χ1v) is 4.42. The first-order chi connectivity index (χ1) is 6.18. The zero-order chi connectivity index (χ0) is 9.73. The zero-order valence-electron chi connectivity index (χ0n) is 7.80. The van der Waals surface area contributed by atoms with Gasteiger partial charge >= 0.3 is 0 Å². The maximum Gasteiger partial charge on any atom is 0.216 e. The molecule has 0 atom stereocenters. The molecule has 13 heavy (non-hydrogen) atoms. The van der Waals surface area contributed by atoms with Gasteiger partial charge in [-0.3, -0.25) is 4.79 Å². The largest absolute Gasteiger partial charge is 0.381 e. The average Bonchev–Trinajstić information content (AvgIpc) is 2.16. The number of nitrogens with one attached hydrogen (secondary N) is 1. The van der Waals surface area contributed by atoms with Crippen LogP contribution in [0.25, 0.3) is 0 Å². The molecule has 1 aliphatic rings. The van der Waals surface area contributed by atoms with E-state index in [1.54, 1.807) is 0 Å². The minimum atomic E-state index is -0.399. The lowest BCUT2D eigenvalue weighted by atomic mass is 9.82. The van der Waals surface area contributed by atoms with Crippen molar-refractivity contribution in [3.63, 3.8) is 0 Å². The van der Waals surface area contributed by atoms with E-state index in [4.69, 9.17) is 10.00 Å². The number of carbonyl (C=O) groups is 1. The summed E-state index contributed by atoms with van der Waals surface area (Å²) in [4.78, 5) is 10.7. The number of amides is 1. The number of hydrogen-bond acceptors (Lipinski definition) is 3. The highest BCUT2D eigenvalue weighted by atomic mass is 16.5. The van der Waals surface area contributed by atoms with Crippen LogP contribution in [0.15, 0.2) is 0 Å². The molecule has 4 nitrogen and oxygen atoms in total. The number of nitriles is 1. The lowest BCUT2D eigenvalue weighted by Gasteiger charge is -2.30. The standard InChI is InChI=1S/C9H14N2O2/c1-8(12)11-7-9(6-10)2-4-13-5-3-9/h2-5,7H2,1H3,(H,11,12). The van der Waals surface area contributed by atoms with Crippen molar-refractivity contribution in [3.05, 3.63) is 0 Å². The van der Waals surface area contributed by atoms with Crippen molar-refractivity contribution in [1.82, 2.24) is 5.32 Å². The molecule has 0 radical (unpaired) electrons. The molecule has 1 heterocycles. The van der Waals surface area contributed by atoms with E-state index in [9.17, 15) is 4.79 Å². The van der Waals surface area contributed by atoms with Crippen LogP contribution in [0, 0.1) is 16.7 Å². The Morgan fingerprint density at radius 1 is 1.62 bits per heavy atom. The van der Waals surface area contributed by atoms with Crippen LogP contribution >= 0.6 is 0 Å². The molecule has 1 aliphatic heterocycles. The van der Waals surface area contributed by atoms with Crippen LogP contribution in [0.3, 0.4) is 0 Å². The van der Waals surface area contributed by atoms with Crippen molar-refractivity contribution < 1.29 is 9.53 Å². The van der Waals surface area contributed by atoms with Crippen molar-refractivity contribution in [2.45, 2.75) is 19.8 Å². The lowest BCUT2D eigenvalue weighted by molar-refractivity contribution is -0.119. The predicted molar refractivity (Wildman–Crippen MR) is 46.8 cm³/mol. The number of ether oxygens (including phenoxy) is 1. The van der Waals surface area contributed by atoms with E-state index in [1.165, 1.54) is 6.92 Å². The SMILES string of the molecule is CC(=O)NCC1(C#N)CCOCC1. The van der Waals surface area contributed by atoms with Gasteiger partial charge in [0.25, 0.3) is 0 Å². The van der Waals surface area contributed by atoms with E-state index in [2.05, 4.69) is 11.4 Å². The molecule has 1 N–H and O–H groups in total. The Balaban J connectivity index is 2.49. The molecule has 0 aromatic heterocycles. The Hall–Kier alpha value is -1.08. The molecule has 1 amide bonds. The molecular weight excluding hydrogens is 168 g/mol. The van der Waals surface area contributed by atoms with Crippen LogP contribution in [0.4, 0.5) is 0 Å². The lowest BCUT2D eigenvalue weighted by Crippen LogP contribution is -2.39. The van der Waals surface area contributed by atoms with Gasteiger partial charge in [-0.15, -0.1) is 0 Å². The van der Waals surface area contributed by atoms with Gasteiger partial charge in [-0.1, -0.05) is 0 Å². The Morgan fingerprint density at radius 2 is 2.23 bits per heavy atom. The molecule has 72 valence electrons. The molecule has 0 bridgehead atoms. The van der Waals surface area contributed by atoms with E-state index in [0.717, 1.165) is 0 Å². The third-order valence-electron chi connectivity index (χ3n) is 2.36. The van der Waals surface area contributed by atoms with Gasteiger partial charge in [0.15, 0.2) is 0 Å². The van der Waals surface area contributed by atoms with Gasteiger partial charge in [-0.2, -0.15) is 5.26 Å². The molecule has 1 rings (SSSR count). The summed E-state index contributed by atoms with van der Waals surface area (Å²) in [6.07, 6.45) is 1.42. The highest BCUT2D eigenvalue weighted by Crippen LogP contribution is 2.28. The van der Waals surface area contributed by atoms with Gasteiger partial charge in [0.05, 0.1) is 11.5 Å². The van der Waals surface area contributed by atoms with Gasteiger partial charge < -0.3 is 10.1 Å². The smallest absolute Gasteiger partial charge is 0.216 e. The summed E-state index contributed by atoms with van der Waals surface area (Å²) >= 11 is 0. The second kappa shape index (κ2) is 4.24. The fourth-order valence-corrected chi connectivity index (χ4v) is 1.38. The molecule has 0 spiro atoms. The summed E-state index contributed by atoms with van der Waals surface area (Å²) in [5, 5.41) is 11.7.